The van der Waals surface area contributed by atoms with Gasteiger partial charge in [-0.05, 0) is 31.7 Å². The third kappa shape index (κ3) is 6.51. The van der Waals surface area contributed by atoms with Gasteiger partial charge in [-0.3, -0.25) is 19.2 Å². The van der Waals surface area contributed by atoms with Crippen molar-refractivity contribution in [2.24, 2.45) is 0 Å². The molecule has 0 radical (unpaired) electrons. The number of aryl methyl sites for hydroxylation is 1. The molecule has 1 saturated heterocycles. The van der Waals surface area contributed by atoms with Crippen molar-refractivity contribution < 1.29 is 19.2 Å². The van der Waals surface area contributed by atoms with Crippen LogP contribution in [0, 0.1) is 12.3 Å². The van der Waals surface area contributed by atoms with E-state index in [0.29, 0.717) is 25.7 Å². The second-order valence-electron chi connectivity index (χ2n) is 7.28. The molecular weight excluding hydrogens is 372 g/mol. The third-order valence-electron chi connectivity index (χ3n) is 5.02. The number of hydrogen-bond donors (Lipinski definition) is 3. The third-order valence-corrected chi connectivity index (χ3v) is 5.02. The van der Waals surface area contributed by atoms with E-state index in [2.05, 4.69) is 10.6 Å². The number of rotatable bonds is 9. The van der Waals surface area contributed by atoms with Crippen LogP contribution in [0.1, 0.15) is 43.7 Å². The van der Waals surface area contributed by atoms with Crippen molar-refractivity contribution >= 4 is 29.7 Å². The van der Waals surface area contributed by atoms with E-state index in [1.165, 1.54) is 11.8 Å². The van der Waals surface area contributed by atoms with Crippen molar-refractivity contribution in [3.8, 4) is 0 Å². The fourth-order valence-electron chi connectivity index (χ4n) is 3.33. The largest absolute Gasteiger partial charge is 0.350 e. The summed E-state index contributed by atoms with van der Waals surface area (Å²) >= 11 is 0. The summed E-state index contributed by atoms with van der Waals surface area (Å²) in [4.78, 5) is 50.1. The molecular formula is C21H28N4O4. The number of amides is 3. The van der Waals surface area contributed by atoms with Crippen molar-refractivity contribution in [2.45, 2.75) is 58.2 Å². The van der Waals surface area contributed by atoms with Crippen molar-refractivity contribution in [2.75, 3.05) is 6.54 Å². The molecule has 156 valence electrons. The first-order chi connectivity index (χ1) is 13.8. The topological polar surface area (TPSA) is 119 Å². The summed E-state index contributed by atoms with van der Waals surface area (Å²) < 4.78 is 0. The Balaban J connectivity index is 2.02. The highest BCUT2D eigenvalue weighted by Gasteiger charge is 2.34. The Hall–Kier alpha value is -3.03. The average Bonchev–Trinajstić information content (AvgIpc) is 3.20. The molecule has 8 heteroatoms. The van der Waals surface area contributed by atoms with Crippen LogP contribution in [0.15, 0.2) is 24.3 Å². The predicted molar refractivity (Wildman–Crippen MR) is 108 cm³/mol. The fourth-order valence-corrected chi connectivity index (χ4v) is 3.33. The second kappa shape index (κ2) is 10.5. The first-order valence-corrected chi connectivity index (χ1v) is 9.76. The minimum absolute atomic E-state index is 0.0203. The van der Waals surface area contributed by atoms with Crippen LogP contribution in [-0.4, -0.2) is 53.2 Å². The summed E-state index contributed by atoms with van der Waals surface area (Å²) in [6.45, 7) is 4.21. The van der Waals surface area contributed by atoms with E-state index in [-0.39, 0.29) is 18.7 Å². The molecule has 0 spiro atoms. The van der Waals surface area contributed by atoms with E-state index >= 15 is 0 Å². The molecule has 1 heterocycles. The predicted octanol–water partition coefficient (Wildman–Crippen LogP) is 1.11. The van der Waals surface area contributed by atoms with Gasteiger partial charge < -0.3 is 20.9 Å². The lowest BCUT2D eigenvalue weighted by Crippen LogP contribution is -2.52. The normalized spacial score (nSPS) is 16.8. The van der Waals surface area contributed by atoms with E-state index in [9.17, 15) is 19.2 Å². The number of nitrogens with one attached hydrogen (secondary N) is 3. The van der Waals surface area contributed by atoms with Crippen LogP contribution in [0.5, 0.6) is 0 Å². The first-order valence-electron chi connectivity index (χ1n) is 9.76. The van der Waals surface area contributed by atoms with Gasteiger partial charge in [-0.25, -0.2) is 0 Å². The lowest BCUT2D eigenvalue weighted by Gasteiger charge is -2.25. The maximum atomic E-state index is 12.7. The van der Waals surface area contributed by atoms with Crippen molar-refractivity contribution in [3.05, 3.63) is 35.4 Å². The zero-order chi connectivity index (χ0) is 21.4. The Morgan fingerprint density at radius 2 is 1.93 bits per heavy atom. The Morgan fingerprint density at radius 1 is 1.24 bits per heavy atom. The van der Waals surface area contributed by atoms with Gasteiger partial charge in [-0.1, -0.05) is 29.8 Å². The van der Waals surface area contributed by atoms with Crippen LogP contribution < -0.4 is 10.6 Å². The van der Waals surface area contributed by atoms with E-state index in [1.54, 1.807) is 0 Å². The summed E-state index contributed by atoms with van der Waals surface area (Å²) in [5, 5.41) is 12.5. The number of benzene rings is 1. The molecule has 1 aromatic rings. The molecule has 1 aromatic carbocycles. The standard InChI is InChI=1S/C21H28N4O4/c1-14-5-7-16(8-6-14)13-23-20(28)18(10-9-17(27)12-22)24-21(29)19-4-3-11-25(19)15(2)26/h5-8,12,18-19,22H,3-4,9-11,13H2,1-2H3,(H,23,28)(H,24,29)/t18-,19-/m0/s1. The molecule has 3 amide bonds. The van der Waals surface area contributed by atoms with Gasteiger partial charge in [0.1, 0.15) is 12.1 Å². The monoisotopic (exact) mass is 400 g/mol. The highest BCUT2D eigenvalue weighted by atomic mass is 16.2. The molecule has 1 aliphatic heterocycles. The Labute approximate surface area is 170 Å². The molecule has 29 heavy (non-hydrogen) atoms. The van der Waals surface area contributed by atoms with E-state index in [0.717, 1.165) is 17.5 Å². The molecule has 8 nitrogen and oxygen atoms in total. The molecule has 0 saturated carbocycles. The van der Waals surface area contributed by atoms with E-state index in [4.69, 9.17) is 5.41 Å². The van der Waals surface area contributed by atoms with Gasteiger partial charge in [-0.15, -0.1) is 0 Å². The summed E-state index contributed by atoms with van der Waals surface area (Å²) in [6, 6.07) is 6.19. The molecule has 1 aliphatic rings. The molecule has 2 atom stereocenters. The van der Waals surface area contributed by atoms with Gasteiger partial charge in [0, 0.05) is 26.4 Å². The van der Waals surface area contributed by atoms with Gasteiger partial charge >= 0.3 is 0 Å². The summed E-state index contributed by atoms with van der Waals surface area (Å²) in [5.74, 6) is -1.39. The Bertz CT molecular complexity index is 775. The number of likely N-dealkylation sites (tertiary alicyclic amines) is 1. The maximum absolute atomic E-state index is 12.7. The molecule has 1 fully saturated rings. The number of ketones is 1. The van der Waals surface area contributed by atoms with Crippen LogP contribution in [0.3, 0.4) is 0 Å². The minimum Gasteiger partial charge on any atom is -0.350 e. The quantitative estimate of drug-likeness (QED) is 0.538. The zero-order valence-corrected chi connectivity index (χ0v) is 16.9. The van der Waals surface area contributed by atoms with Crippen LogP contribution in [-0.2, 0) is 25.7 Å². The van der Waals surface area contributed by atoms with Gasteiger partial charge in [0.05, 0.1) is 6.21 Å². The van der Waals surface area contributed by atoms with Gasteiger partial charge in [0.15, 0.2) is 5.78 Å². The lowest BCUT2D eigenvalue weighted by molar-refractivity contribution is -0.138. The summed E-state index contributed by atoms with van der Waals surface area (Å²) in [5.41, 5.74) is 2.03. The molecule has 0 unspecified atom stereocenters. The SMILES string of the molecule is CC(=O)N1CCC[C@H]1C(=O)N[C@@H](CCC(=O)C=N)C(=O)NCc1ccc(C)cc1. The molecule has 0 bridgehead atoms. The highest BCUT2D eigenvalue weighted by molar-refractivity contribution is 6.26. The summed E-state index contributed by atoms with van der Waals surface area (Å²) in [6.07, 6.45) is 2.05. The van der Waals surface area contributed by atoms with Gasteiger partial charge in [0.25, 0.3) is 0 Å². The zero-order valence-electron chi connectivity index (χ0n) is 16.9. The smallest absolute Gasteiger partial charge is 0.243 e. The van der Waals surface area contributed by atoms with Gasteiger partial charge in [0.2, 0.25) is 17.7 Å². The molecule has 0 aliphatic carbocycles. The van der Waals surface area contributed by atoms with Crippen LogP contribution in [0.4, 0.5) is 0 Å². The van der Waals surface area contributed by atoms with Crippen LogP contribution >= 0.6 is 0 Å². The Morgan fingerprint density at radius 3 is 2.55 bits per heavy atom. The van der Waals surface area contributed by atoms with Crippen LogP contribution in [0.25, 0.3) is 0 Å². The molecule has 2 rings (SSSR count). The molecule has 3 N–H and O–H groups in total. The van der Waals surface area contributed by atoms with Crippen LogP contribution in [0.2, 0.25) is 0 Å². The lowest BCUT2D eigenvalue weighted by atomic mass is 10.1. The minimum atomic E-state index is -0.911. The van der Waals surface area contributed by atoms with E-state index < -0.39 is 29.7 Å². The number of carbonyl (C=O) groups is 4. The Kier molecular flexibility index (Phi) is 8.06. The fraction of sp³-hybridized carbons (Fsp3) is 0.476. The van der Waals surface area contributed by atoms with Crippen molar-refractivity contribution in [1.82, 2.24) is 15.5 Å². The first kappa shape index (κ1) is 22.3. The number of Topliss-reactive ketones (excluding diaryl/α,β-unsaturated/α-hetero) is 1. The maximum Gasteiger partial charge on any atom is 0.243 e. The average molecular weight is 400 g/mol. The van der Waals surface area contributed by atoms with Gasteiger partial charge in [-0.2, -0.15) is 0 Å². The number of nitrogens with zero attached hydrogens (tertiary/aromatic N) is 1. The molecule has 0 aromatic heterocycles. The number of carbonyl (C=O) groups excluding carboxylic acids is 4. The second-order valence-corrected chi connectivity index (χ2v) is 7.28. The highest BCUT2D eigenvalue weighted by Crippen LogP contribution is 2.18. The van der Waals surface area contributed by atoms with E-state index in [1.807, 2.05) is 31.2 Å². The van der Waals surface area contributed by atoms with Crippen molar-refractivity contribution in [1.29, 1.82) is 5.41 Å². The summed E-state index contributed by atoms with van der Waals surface area (Å²) in [7, 11) is 0. The van der Waals surface area contributed by atoms with Crippen molar-refractivity contribution in [3.63, 3.8) is 0 Å². The number of hydrogen-bond acceptors (Lipinski definition) is 5.